The standard InChI is InChI=1S/C10H21N3/c1-4-12-7-9-13(10(2)3)8-5-6-11/h10,12H,4-5,7-9H2,1-3H3. The molecule has 0 heterocycles. The van der Waals surface area contributed by atoms with Crippen LogP contribution in [0.3, 0.4) is 0 Å². The van der Waals surface area contributed by atoms with Gasteiger partial charge in [-0.25, -0.2) is 0 Å². The van der Waals surface area contributed by atoms with Gasteiger partial charge in [0.1, 0.15) is 0 Å². The molecule has 76 valence electrons. The van der Waals surface area contributed by atoms with Crippen LogP contribution in [-0.2, 0) is 0 Å². The fourth-order valence-electron chi connectivity index (χ4n) is 1.22. The van der Waals surface area contributed by atoms with Gasteiger partial charge in [-0.3, -0.25) is 4.90 Å². The molecule has 0 aliphatic carbocycles. The highest BCUT2D eigenvalue weighted by Gasteiger charge is 2.07. The van der Waals surface area contributed by atoms with E-state index in [0.717, 1.165) is 26.2 Å². The number of nitrogens with zero attached hydrogens (tertiary/aromatic N) is 2. The third-order valence-electron chi connectivity index (χ3n) is 2.07. The van der Waals surface area contributed by atoms with E-state index in [2.05, 4.69) is 37.1 Å². The molecular weight excluding hydrogens is 162 g/mol. The van der Waals surface area contributed by atoms with E-state index >= 15 is 0 Å². The second kappa shape index (κ2) is 8.03. The maximum absolute atomic E-state index is 8.48. The first kappa shape index (κ1) is 12.4. The van der Waals surface area contributed by atoms with Gasteiger partial charge in [0.2, 0.25) is 0 Å². The Kier molecular flexibility index (Phi) is 7.66. The molecule has 3 heteroatoms. The minimum atomic E-state index is 0.534. The predicted molar refractivity (Wildman–Crippen MR) is 55.5 cm³/mol. The number of nitrogens with one attached hydrogen (secondary N) is 1. The largest absolute Gasteiger partial charge is 0.316 e. The van der Waals surface area contributed by atoms with Crippen LogP contribution in [0.2, 0.25) is 0 Å². The van der Waals surface area contributed by atoms with Crippen LogP contribution in [0.25, 0.3) is 0 Å². The number of hydrogen-bond donors (Lipinski definition) is 1. The topological polar surface area (TPSA) is 39.1 Å². The second-order valence-electron chi connectivity index (χ2n) is 3.39. The summed E-state index contributed by atoms with van der Waals surface area (Å²) in [6.07, 6.45) is 0.629. The number of nitriles is 1. The Morgan fingerprint density at radius 1 is 1.38 bits per heavy atom. The Hall–Kier alpha value is -0.590. The Balaban J connectivity index is 3.62. The summed E-state index contributed by atoms with van der Waals surface area (Å²) in [5.74, 6) is 0. The van der Waals surface area contributed by atoms with E-state index in [-0.39, 0.29) is 0 Å². The molecule has 0 saturated heterocycles. The smallest absolute Gasteiger partial charge is 0.0635 e. The predicted octanol–water partition coefficient (Wildman–Crippen LogP) is 1.22. The lowest BCUT2D eigenvalue weighted by Gasteiger charge is -2.25. The molecule has 0 spiro atoms. The van der Waals surface area contributed by atoms with Gasteiger partial charge in [0.15, 0.2) is 0 Å². The Morgan fingerprint density at radius 2 is 2.08 bits per heavy atom. The van der Waals surface area contributed by atoms with Gasteiger partial charge in [-0.15, -0.1) is 0 Å². The minimum absolute atomic E-state index is 0.534. The Bertz CT molecular complexity index is 149. The van der Waals surface area contributed by atoms with Crippen LogP contribution >= 0.6 is 0 Å². The van der Waals surface area contributed by atoms with Gasteiger partial charge >= 0.3 is 0 Å². The Morgan fingerprint density at radius 3 is 2.54 bits per heavy atom. The molecule has 0 bridgehead atoms. The molecule has 13 heavy (non-hydrogen) atoms. The van der Waals surface area contributed by atoms with Gasteiger partial charge in [-0.1, -0.05) is 6.92 Å². The second-order valence-corrected chi connectivity index (χ2v) is 3.39. The van der Waals surface area contributed by atoms with Crippen molar-refractivity contribution in [2.24, 2.45) is 0 Å². The van der Waals surface area contributed by atoms with Gasteiger partial charge in [0.05, 0.1) is 6.07 Å². The third kappa shape index (κ3) is 6.56. The molecule has 0 aliphatic rings. The van der Waals surface area contributed by atoms with Crippen LogP contribution in [0.1, 0.15) is 27.2 Å². The molecule has 0 aromatic rings. The quantitative estimate of drug-likeness (QED) is 0.603. The van der Waals surface area contributed by atoms with Crippen LogP contribution in [0.15, 0.2) is 0 Å². The summed E-state index contributed by atoms with van der Waals surface area (Å²) in [4.78, 5) is 2.33. The van der Waals surface area contributed by atoms with Crippen LogP contribution in [0, 0.1) is 11.3 Å². The van der Waals surface area contributed by atoms with E-state index in [1.807, 2.05) is 0 Å². The van der Waals surface area contributed by atoms with Crippen LogP contribution < -0.4 is 5.32 Å². The van der Waals surface area contributed by atoms with Gasteiger partial charge in [-0.2, -0.15) is 5.26 Å². The van der Waals surface area contributed by atoms with Crippen molar-refractivity contribution in [2.45, 2.75) is 33.2 Å². The highest BCUT2D eigenvalue weighted by molar-refractivity contribution is 4.74. The first-order chi connectivity index (χ1) is 6.22. The van der Waals surface area contributed by atoms with Crippen molar-refractivity contribution >= 4 is 0 Å². The van der Waals surface area contributed by atoms with Crippen molar-refractivity contribution in [1.29, 1.82) is 5.26 Å². The van der Waals surface area contributed by atoms with Crippen molar-refractivity contribution in [2.75, 3.05) is 26.2 Å². The lowest BCUT2D eigenvalue weighted by molar-refractivity contribution is 0.227. The molecule has 0 amide bonds. The van der Waals surface area contributed by atoms with Gasteiger partial charge in [-0.05, 0) is 20.4 Å². The fourth-order valence-corrected chi connectivity index (χ4v) is 1.22. The molecule has 0 aliphatic heterocycles. The summed E-state index contributed by atoms with van der Waals surface area (Å²) in [6, 6.07) is 2.72. The third-order valence-corrected chi connectivity index (χ3v) is 2.07. The molecule has 0 aromatic carbocycles. The molecule has 0 aromatic heterocycles. The zero-order valence-corrected chi connectivity index (χ0v) is 9.01. The summed E-state index contributed by atoms with van der Waals surface area (Å²) in [5, 5.41) is 11.8. The monoisotopic (exact) mass is 183 g/mol. The molecule has 0 fully saturated rings. The summed E-state index contributed by atoms with van der Waals surface area (Å²) in [6.45, 7) is 10.4. The molecular formula is C10H21N3. The number of likely N-dealkylation sites (N-methyl/N-ethyl adjacent to an activating group) is 1. The molecule has 0 unspecified atom stereocenters. The maximum Gasteiger partial charge on any atom is 0.0635 e. The average Bonchev–Trinajstić information content (AvgIpc) is 2.10. The molecule has 1 N–H and O–H groups in total. The van der Waals surface area contributed by atoms with Crippen molar-refractivity contribution in [3.05, 3.63) is 0 Å². The summed E-state index contributed by atoms with van der Waals surface area (Å²) in [7, 11) is 0. The van der Waals surface area contributed by atoms with Crippen molar-refractivity contribution in [3.8, 4) is 6.07 Å². The normalized spacial score (nSPS) is 10.8. The number of hydrogen-bond acceptors (Lipinski definition) is 3. The molecule has 3 nitrogen and oxygen atoms in total. The summed E-state index contributed by atoms with van der Waals surface area (Å²) < 4.78 is 0. The zero-order valence-electron chi connectivity index (χ0n) is 9.01. The first-order valence-electron chi connectivity index (χ1n) is 5.04. The first-order valence-corrected chi connectivity index (χ1v) is 5.04. The lowest BCUT2D eigenvalue weighted by atomic mass is 10.3. The molecule has 0 saturated carbocycles. The van der Waals surface area contributed by atoms with Crippen molar-refractivity contribution in [3.63, 3.8) is 0 Å². The molecule has 0 rings (SSSR count). The van der Waals surface area contributed by atoms with E-state index < -0.39 is 0 Å². The zero-order chi connectivity index (χ0) is 10.1. The summed E-state index contributed by atoms with van der Waals surface area (Å²) >= 11 is 0. The lowest BCUT2D eigenvalue weighted by Crippen LogP contribution is -2.37. The fraction of sp³-hybridized carbons (Fsp3) is 0.900. The maximum atomic E-state index is 8.48. The van der Waals surface area contributed by atoms with Crippen LogP contribution in [-0.4, -0.2) is 37.1 Å². The van der Waals surface area contributed by atoms with Gasteiger partial charge in [0.25, 0.3) is 0 Å². The average molecular weight is 183 g/mol. The van der Waals surface area contributed by atoms with Crippen molar-refractivity contribution in [1.82, 2.24) is 10.2 Å². The van der Waals surface area contributed by atoms with E-state index in [9.17, 15) is 0 Å². The molecule has 0 radical (unpaired) electrons. The van der Waals surface area contributed by atoms with Gasteiger partial charge in [0, 0.05) is 32.1 Å². The highest BCUT2D eigenvalue weighted by Crippen LogP contribution is 1.97. The van der Waals surface area contributed by atoms with Crippen LogP contribution in [0.5, 0.6) is 0 Å². The Labute approximate surface area is 81.7 Å². The van der Waals surface area contributed by atoms with Crippen LogP contribution in [0.4, 0.5) is 0 Å². The van der Waals surface area contributed by atoms with E-state index in [1.54, 1.807) is 0 Å². The number of rotatable bonds is 7. The van der Waals surface area contributed by atoms with Crippen molar-refractivity contribution < 1.29 is 0 Å². The molecule has 0 atom stereocenters. The van der Waals surface area contributed by atoms with E-state index in [4.69, 9.17) is 5.26 Å². The van der Waals surface area contributed by atoms with E-state index in [0.29, 0.717) is 12.5 Å². The highest BCUT2D eigenvalue weighted by atomic mass is 15.2. The SMILES string of the molecule is CCNCCN(CCC#N)C(C)C. The van der Waals surface area contributed by atoms with E-state index in [1.165, 1.54) is 0 Å². The summed E-state index contributed by atoms with van der Waals surface area (Å²) in [5.41, 5.74) is 0. The minimum Gasteiger partial charge on any atom is -0.316 e. The van der Waals surface area contributed by atoms with Gasteiger partial charge < -0.3 is 5.32 Å².